The lowest BCUT2D eigenvalue weighted by atomic mass is 9.90. The Bertz CT molecular complexity index is 385. The Morgan fingerprint density at radius 2 is 1.95 bits per heavy atom. The van der Waals surface area contributed by atoms with Crippen molar-refractivity contribution in [3.05, 3.63) is 35.4 Å². The van der Waals surface area contributed by atoms with Gasteiger partial charge in [0.05, 0.1) is 12.7 Å². The van der Waals surface area contributed by atoms with Gasteiger partial charge in [-0.2, -0.15) is 0 Å². The lowest BCUT2D eigenvalue weighted by Gasteiger charge is -2.26. The van der Waals surface area contributed by atoms with Crippen molar-refractivity contribution in [3.63, 3.8) is 0 Å². The van der Waals surface area contributed by atoms with Crippen LogP contribution in [0.15, 0.2) is 24.3 Å². The minimum absolute atomic E-state index is 0.193. The van der Waals surface area contributed by atoms with E-state index in [0.29, 0.717) is 0 Å². The van der Waals surface area contributed by atoms with Gasteiger partial charge in [0.25, 0.3) is 0 Å². The van der Waals surface area contributed by atoms with Crippen LogP contribution in [0.3, 0.4) is 0 Å². The monoisotopic (exact) mass is 275 g/mol. The fourth-order valence-corrected chi connectivity index (χ4v) is 3.09. The molecule has 0 spiro atoms. The third-order valence-electron chi connectivity index (χ3n) is 4.37. The standard InChI is InChI=1S/C18H29NO/c1-3-19-13-18(17-12-8-7-9-15(17)2)20-14-16-10-5-4-6-11-16/h7-9,12,16,18-19H,3-6,10-11,13-14H2,1-2H3. The molecule has 0 amide bonds. The molecule has 0 aromatic heterocycles. The highest BCUT2D eigenvalue weighted by molar-refractivity contribution is 5.28. The molecule has 2 heteroatoms. The van der Waals surface area contributed by atoms with Crippen LogP contribution < -0.4 is 5.32 Å². The summed E-state index contributed by atoms with van der Waals surface area (Å²) in [5, 5.41) is 3.44. The molecule has 1 fully saturated rings. The van der Waals surface area contributed by atoms with Gasteiger partial charge < -0.3 is 10.1 Å². The molecule has 1 unspecified atom stereocenters. The third-order valence-corrected chi connectivity index (χ3v) is 4.37. The molecule has 1 aromatic carbocycles. The number of ether oxygens (including phenoxy) is 1. The van der Waals surface area contributed by atoms with Gasteiger partial charge >= 0.3 is 0 Å². The molecule has 1 aliphatic rings. The minimum Gasteiger partial charge on any atom is -0.372 e. The Labute approximate surface area is 123 Å². The van der Waals surface area contributed by atoms with Crippen LogP contribution >= 0.6 is 0 Å². The predicted octanol–water partition coefficient (Wildman–Crippen LogP) is 4.24. The molecule has 2 rings (SSSR count). The first-order valence-corrected chi connectivity index (χ1v) is 8.19. The van der Waals surface area contributed by atoms with E-state index in [-0.39, 0.29) is 6.10 Å². The Kier molecular flexibility index (Phi) is 6.55. The first-order chi connectivity index (χ1) is 9.81. The van der Waals surface area contributed by atoms with E-state index in [0.717, 1.165) is 25.6 Å². The molecular weight excluding hydrogens is 246 g/mol. The highest BCUT2D eigenvalue weighted by Gasteiger charge is 2.18. The number of hydrogen-bond donors (Lipinski definition) is 1. The highest BCUT2D eigenvalue weighted by Crippen LogP contribution is 2.27. The van der Waals surface area contributed by atoms with E-state index in [2.05, 4.69) is 43.4 Å². The molecule has 20 heavy (non-hydrogen) atoms. The molecule has 1 saturated carbocycles. The largest absolute Gasteiger partial charge is 0.372 e. The van der Waals surface area contributed by atoms with Crippen molar-refractivity contribution in [2.24, 2.45) is 5.92 Å². The number of rotatable bonds is 7. The average molecular weight is 275 g/mol. The van der Waals surface area contributed by atoms with Crippen LogP contribution in [0.5, 0.6) is 0 Å². The van der Waals surface area contributed by atoms with E-state index in [1.54, 1.807) is 0 Å². The lowest BCUT2D eigenvalue weighted by Crippen LogP contribution is -2.26. The predicted molar refractivity (Wildman–Crippen MR) is 85.0 cm³/mol. The van der Waals surface area contributed by atoms with Crippen molar-refractivity contribution in [3.8, 4) is 0 Å². The number of likely N-dealkylation sites (N-methyl/N-ethyl adjacent to an activating group) is 1. The van der Waals surface area contributed by atoms with Crippen LogP contribution in [-0.4, -0.2) is 19.7 Å². The zero-order valence-corrected chi connectivity index (χ0v) is 13.0. The van der Waals surface area contributed by atoms with Gasteiger partial charge in [0, 0.05) is 6.54 Å². The van der Waals surface area contributed by atoms with E-state index in [4.69, 9.17) is 4.74 Å². The maximum atomic E-state index is 6.29. The summed E-state index contributed by atoms with van der Waals surface area (Å²) >= 11 is 0. The van der Waals surface area contributed by atoms with Crippen LogP contribution in [0, 0.1) is 12.8 Å². The summed E-state index contributed by atoms with van der Waals surface area (Å²) in [6.07, 6.45) is 7.07. The number of aryl methyl sites for hydroxylation is 1. The SMILES string of the molecule is CCNCC(OCC1CCCCC1)c1ccccc1C. The second-order valence-electron chi connectivity index (χ2n) is 5.99. The number of benzene rings is 1. The zero-order valence-electron chi connectivity index (χ0n) is 13.0. The summed E-state index contributed by atoms with van der Waals surface area (Å²) in [7, 11) is 0. The average Bonchev–Trinajstić information content (AvgIpc) is 2.49. The number of nitrogens with one attached hydrogen (secondary N) is 1. The Morgan fingerprint density at radius 1 is 1.20 bits per heavy atom. The van der Waals surface area contributed by atoms with Crippen molar-refractivity contribution < 1.29 is 4.74 Å². The van der Waals surface area contributed by atoms with Crippen molar-refractivity contribution in [2.45, 2.75) is 52.1 Å². The summed E-state index contributed by atoms with van der Waals surface area (Å²) < 4.78 is 6.29. The maximum Gasteiger partial charge on any atom is 0.0951 e. The molecule has 0 saturated heterocycles. The van der Waals surface area contributed by atoms with Crippen molar-refractivity contribution in [2.75, 3.05) is 19.7 Å². The normalized spacial score (nSPS) is 18.1. The minimum atomic E-state index is 0.193. The molecule has 112 valence electrons. The van der Waals surface area contributed by atoms with Crippen molar-refractivity contribution in [1.29, 1.82) is 0 Å². The van der Waals surface area contributed by atoms with Gasteiger partial charge in [-0.15, -0.1) is 0 Å². The maximum absolute atomic E-state index is 6.29. The molecular formula is C18H29NO. The fraction of sp³-hybridized carbons (Fsp3) is 0.667. The first-order valence-electron chi connectivity index (χ1n) is 8.19. The Balaban J connectivity index is 1.94. The zero-order chi connectivity index (χ0) is 14.2. The van der Waals surface area contributed by atoms with Gasteiger partial charge in [0.15, 0.2) is 0 Å². The van der Waals surface area contributed by atoms with Crippen LogP contribution in [0.4, 0.5) is 0 Å². The first kappa shape index (κ1) is 15.5. The van der Waals surface area contributed by atoms with Gasteiger partial charge in [-0.1, -0.05) is 50.5 Å². The molecule has 0 aliphatic heterocycles. The van der Waals surface area contributed by atoms with Gasteiger partial charge in [0.1, 0.15) is 0 Å². The molecule has 1 aromatic rings. The van der Waals surface area contributed by atoms with Gasteiger partial charge in [-0.05, 0) is 43.4 Å². The van der Waals surface area contributed by atoms with Crippen LogP contribution in [0.25, 0.3) is 0 Å². The summed E-state index contributed by atoms with van der Waals surface area (Å²) in [6.45, 7) is 7.15. The quantitative estimate of drug-likeness (QED) is 0.803. The van der Waals surface area contributed by atoms with Crippen molar-refractivity contribution >= 4 is 0 Å². The summed E-state index contributed by atoms with van der Waals surface area (Å²) in [5.41, 5.74) is 2.67. The smallest absolute Gasteiger partial charge is 0.0951 e. The Morgan fingerprint density at radius 3 is 2.65 bits per heavy atom. The van der Waals surface area contributed by atoms with Gasteiger partial charge in [-0.25, -0.2) is 0 Å². The molecule has 0 heterocycles. The highest BCUT2D eigenvalue weighted by atomic mass is 16.5. The molecule has 1 atom stereocenters. The van der Waals surface area contributed by atoms with Crippen LogP contribution in [0.2, 0.25) is 0 Å². The van der Waals surface area contributed by atoms with Crippen LogP contribution in [-0.2, 0) is 4.74 Å². The van der Waals surface area contributed by atoms with E-state index in [1.165, 1.54) is 43.2 Å². The summed E-state index contributed by atoms with van der Waals surface area (Å²) in [4.78, 5) is 0. The Hall–Kier alpha value is -0.860. The molecule has 0 bridgehead atoms. The molecule has 1 N–H and O–H groups in total. The fourth-order valence-electron chi connectivity index (χ4n) is 3.09. The molecule has 2 nitrogen and oxygen atoms in total. The molecule has 1 aliphatic carbocycles. The summed E-state index contributed by atoms with van der Waals surface area (Å²) in [6, 6.07) is 8.60. The molecule has 0 radical (unpaired) electrons. The third kappa shape index (κ3) is 4.60. The number of hydrogen-bond acceptors (Lipinski definition) is 2. The lowest BCUT2D eigenvalue weighted by molar-refractivity contribution is 0.0199. The van der Waals surface area contributed by atoms with E-state index in [1.807, 2.05) is 0 Å². The second-order valence-corrected chi connectivity index (χ2v) is 5.99. The van der Waals surface area contributed by atoms with Crippen LogP contribution in [0.1, 0.15) is 56.3 Å². The van der Waals surface area contributed by atoms with E-state index >= 15 is 0 Å². The van der Waals surface area contributed by atoms with E-state index < -0.39 is 0 Å². The second kappa shape index (κ2) is 8.43. The topological polar surface area (TPSA) is 21.3 Å². The van der Waals surface area contributed by atoms with Gasteiger partial charge in [0.2, 0.25) is 0 Å². The summed E-state index contributed by atoms with van der Waals surface area (Å²) in [5.74, 6) is 0.775. The van der Waals surface area contributed by atoms with Gasteiger partial charge in [-0.3, -0.25) is 0 Å². The van der Waals surface area contributed by atoms with E-state index in [9.17, 15) is 0 Å². The van der Waals surface area contributed by atoms with Crippen molar-refractivity contribution in [1.82, 2.24) is 5.32 Å².